The summed E-state index contributed by atoms with van der Waals surface area (Å²) in [6.07, 6.45) is 0. The van der Waals surface area contributed by atoms with Crippen molar-refractivity contribution in [2.45, 2.75) is 77.7 Å². The number of nitrogens with two attached hydrogens (primary N) is 2. The van der Waals surface area contributed by atoms with Crippen LogP contribution in [0.1, 0.15) is 55.4 Å². The molecule has 17 heavy (non-hydrogen) atoms. The highest BCUT2D eigenvalue weighted by atomic mass is 16.7. The van der Waals surface area contributed by atoms with E-state index in [1.165, 1.54) is 0 Å². The maximum absolute atomic E-state index is 6.04. The molecule has 0 rings (SSSR count). The van der Waals surface area contributed by atoms with E-state index in [9.17, 15) is 0 Å². The van der Waals surface area contributed by atoms with Crippen LogP contribution in [0, 0.1) is 0 Å². The van der Waals surface area contributed by atoms with E-state index >= 15 is 0 Å². The van der Waals surface area contributed by atoms with Crippen LogP contribution in [-0.4, -0.2) is 29.1 Å². The van der Waals surface area contributed by atoms with Crippen LogP contribution in [0.5, 0.6) is 0 Å². The Labute approximate surface area is 106 Å². The zero-order valence-corrected chi connectivity index (χ0v) is 12.7. The van der Waals surface area contributed by atoms with E-state index in [0.717, 1.165) is 0 Å². The second kappa shape index (κ2) is 4.84. The zero-order chi connectivity index (χ0) is 14.1. The van der Waals surface area contributed by atoms with E-state index in [0.29, 0.717) is 0 Å². The van der Waals surface area contributed by atoms with Gasteiger partial charge in [-0.15, -0.1) is 0 Å². The smallest absolute Gasteiger partial charge is 0.148 e. The molecule has 4 heteroatoms. The second-order valence-electron chi connectivity index (χ2n) is 6.87. The minimum atomic E-state index is -0.457. The van der Waals surface area contributed by atoms with Crippen LogP contribution in [0.25, 0.3) is 0 Å². The molecule has 0 saturated heterocycles. The van der Waals surface area contributed by atoms with E-state index in [1.54, 1.807) is 0 Å². The van der Waals surface area contributed by atoms with E-state index in [-0.39, 0.29) is 6.79 Å². The van der Waals surface area contributed by atoms with Crippen molar-refractivity contribution in [2.24, 2.45) is 11.5 Å². The van der Waals surface area contributed by atoms with E-state index in [1.807, 2.05) is 55.4 Å². The summed E-state index contributed by atoms with van der Waals surface area (Å²) in [6, 6.07) is 0. The van der Waals surface area contributed by atoms with Gasteiger partial charge in [0.15, 0.2) is 0 Å². The molecule has 104 valence electrons. The molecule has 0 saturated carbocycles. The molecule has 0 fully saturated rings. The van der Waals surface area contributed by atoms with E-state index in [4.69, 9.17) is 20.9 Å². The lowest BCUT2D eigenvalue weighted by molar-refractivity contribution is -0.202. The van der Waals surface area contributed by atoms with Crippen molar-refractivity contribution < 1.29 is 9.47 Å². The third kappa shape index (κ3) is 4.54. The summed E-state index contributed by atoms with van der Waals surface area (Å²) in [6.45, 7) is 15.7. The number of rotatable bonds is 6. The lowest BCUT2D eigenvalue weighted by atomic mass is 9.86. The first-order valence-electron chi connectivity index (χ1n) is 6.06. The monoisotopic (exact) mass is 246 g/mol. The van der Waals surface area contributed by atoms with Gasteiger partial charge < -0.3 is 20.9 Å². The Hall–Kier alpha value is -0.160. The highest BCUT2D eigenvalue weighted by Gasteiger charge is 2.37. The molecule has 0 radical (unpaired) electrons. The van der Waals surface area contributed by atoms with Crippen molar-refractivity contribution in [1.82, 2.24) is 0 Å². The second-order valence-corrected chi connectivity index (χ2v) is 6.87. The molecule has 0 atom stereocenters. The van der Waals surface area contributed by atoms with Gasteiger partial charge in [-0.05, 0) is 55.4 Å². The van der Waals surface area contributed by atoms with Crippen molar-refractivity contribution in [3.8, 4) is 0 Å². The lowest BCUT2D eigenvalue weighted by Gasteiger charge is -2.41. The van der Waals surface area contributed by atoms with Gasteiger partial charge in [-0.25, -0.2) is 0 Å². The Morgan fingerprint density at radius 1 is 0.647 bits per heavy atom. The van der Waals surface area contributed by atoms with Crippen LogP contribution in [0.3, 0.4) is 0 Å². The number of hydrogen-bond acceptors (Lipinski definition) is 4. The largest absolute Gasteiger partial charge is 0.348 e. The molecule has 0 amide bonds. The molecule has 0 aliphatic rings. The van der Waals surface area contributed by atoms with Crippen molar-refractivity contribution in [1.29, 1.82) is 0 Å². The van der Waals surface area contributed by atoms with Gasteiger partial charge in [0.2, 0.25) is 0 Å². The van der Waals surface area contributed by atoms with Gasteiger partial charge >= 0.3 is 0 Å². The summed E-state index contributed by atoms with van der Waals surface area (Å²) in [7, 11) is 0. The molecule has 0 unspecified atom stereocenters. The van der Waals surface area contributed by atoms with Gasteiger partial charge in [0.1, 0.15) is 6.79 Å². The van der Waals surface area contributed by atoms with Crippen LogP contribution in [-0.2, 0) is 9.47 Å². The van der Waals surface area contributed by atoms with Crippen molar-refractivity contribution in [2.75, 3.05) is 6.79 Å². The highest BCUT2D eigenvalue weighted by molar-refractivity contribution is 4.93. The fourth-order valence-corrected chi connectivity index (χ4v) is 0.696. The molecule has 0 bridgehead atoms. The van der Waals surface area contributed by atoms with Crippen LogP contribution in [0.4, 0.5) is 0 Å². The summed E-state index contributed by atoms with van der Waals surface area (Å²) >= 11 is 0. The molecule has 0 heterocycles. The summed E-state index contributed by atoms with van der Waals surface area (Å²) in [5.41, 5.74) is 10.3. The van der Waals surface area contributed by atoms with Crippen LogP contribution in [0.15, 0.2) is 0 Å². The van der Waals surface area contributed by atoms with Crippen molar-refractivity contribution in [3.05, 3.63) is 0 Å². The minimum absolute atomic E-state index is 0.182. The Morgan fingerprint density at radius 2 is 0.882 bits per heavy atom. The minimum Gasteiger partial charge on any atom is -0.348 e. The van der Waals surface area contributed by atoms with Crippen LogP contribution < -0.4 is 11.5 Å². The standard InChI is InChI=1S/C13H30N2O2/c1-10(2,14)12(5,6)16-9-17-13(7,8)11(3,4)15/h9,14-15H2,1-8H3. The fourth-order valence-electron chi connectivity index (χ4n) is 0.696. The molecule has 0 aromatic heterocycles. The number of ether oxygens (including phenoxy) is 2. The van der Waals surface area contributed by atoms with Gasteiger partial charge in [-0.1, -0.05) is 0 Å². The average Bonchev–Trinajstić information content (AvgIpc) is 1.98. The van der Waals surface area contributed by atoms with Crippen molar-refractivity contribution in [3.63, 3.8) is 0 Å². The topological polar surface area (TPSA) is 70.5 Å². The Kier molecular flexibility index (Phi) is 4.80. The first-order valence-corrected chi connectivity index (χ1v) is 6.06. The molecule has 4 N–H and O–H groups in total. The first-order chi connectivity index (χ1) is 7.21. The molecule has 0 aromatic rings. The predicted molar refractivity (Wildman–Crippen MR) is 71.7 cm³/mol. The summed E-state index contributed by atoms with van der Waals surface area (Å²) in [5.74, 6) is 0. The molecule has 0 aromatic carbocycles. The maximum Gasteiger partial charge on any atom is 0.148 e. The summed E-state index contributed by atoms with van der Waals surface area (Å²) in [5, 5.41) is 0. The Morgan fingerprint density at radius 3 is 1.06 bits per heavy atom. The van der Waals surface area contributed by atoms with E-state index < -0.39 is 22.3 Å². The van der Waals surface area contributed by atoms with Crippen molar-refractivity contribution >= 4 is 0 Å². The van der Waals surface area contributed by atoms with Gasteiger partial charge in [0.05, 0.1) is 11.2 Å². The third-order valence-electron chi connectivity index (χ3n) is 3.94. The van der Waals surface area contributed by atoms with Crippen LogP contribution >= 0.6 is 0 Å². The van der Waals surface area contributed by atoms with Gasteiger partial charge in [0.25, 0.3) is 0 Å². The molecule has 4 nitrogen and oxygen atoms in total. The van der Waals surface area contributed by atoms with Crippen LogP contribution in [0.2, 0.25) is 0 Å². The fraction of sp³-hybridized carbons (Fsp3) is 1.00. The lowest BCUT2D eigenvalue weighted by Crippen LogP contribution is -2.57. The first kappa shape index (κ1) is 16.8. The normalized spacial score (nSPS) is 15.2. The summed E-state index contributed by atoms with van der Waals surface area (Å²) in [4.78, 5) is 0. The van der Waals surface area contributed by atoms with Gasteiger partial charge in [-0.3, -0.25) is 0 Å². The quantitative estimate of drug-likeness (QED) is 0.703. The Bertz CT molecular complexity index is 221. The molecule has 0 aliphatic carbocycles. The predicted octanol–water partition coefficient (Wildman–Crippen LogP) is 2.01. The molecular formula is C13H30N2O2. The number of hydrogen-bond donors (Lipinski definition) is 2. The SMILES string of the molecule is CC(C)(N)C(C)(C)OCOC(C)(C)C(C)(C)N. The van der Waals surface area contributed by atoms with Gasteiger partial charge in [-0.2, -0.15) is 0 Å². The molecular weight excluding hydrogens is 216 g/mol. The molecule has 0 aliphatic heterocycles. The maximum atomic E-state index is 6.04. The summed E-state index contributed by atoms with van der Waals surface area (Å²) < 4.78 is 11.4. The van der Waals surface area contributed by atoms with E-state index in [2.05, 4.69) is 0 Å². The molecule has 0 spiro atoms. The van der Waals surface area contributed by atoms with Gasteiger partial charge in [0, 0.05) is 11.1 Å². The third-order valence-corrected chi connectivity index (χ3v) is 3.94. The highest BCUT2D eigenvalue weighted by Crippen LogP contribution is 2.26. The average molecular weight is 246 g/mol. The Balaban J connectivity index is 4.36. The zero-order valence-electron chi connectivity index (χ0n) is 12.7.